The van der Waals surface area contributed by atoms with Crippen LogP contribution in [0.2, 0.25) is 26.4 Å². The number of rotatable bonds is 10. The first-order valence-corrected chi connectivity index (χ1v) is 24.4. The Morgan fingerprint density at radius 2 is 0.857 bits per heavy atom. The quantitative estimate of drug-likeness (QED) is 0.00969. The van der Waals surface area contributed by atoms with Crippen molar-refractivity contribution in [3.05, 3.63) is 119 Å². The number of halogens is 6. The van der Waals surface area contributed by atoms with Gasteiger partial charge in [0.2, 0.25) is 32.4 Å². The van der Waals surface area contributed by atoms with E-state index < -0.39 is 53.3 Å². The van der Waals surface area contributed by atoms with Crippen molar-refractivity contribution in [1.29, 1.82) is 0 Å². The van der Waals surface area contributed by atoms with Gasteiger partial charge in [-0.2, -0.15) is 0 Å². The topological polar surface area (TPSA) is 560 Å². The molecule has 0 saturated heterocycles. The molecule has 0 aromatic carbocycles. The van der Waals surface area contributed by atoms with E-state index >= 15 is 0 Å². The molecule has 91 heavy (non-hydrogen) atoms. The Morgan fingerprint density at radius 3 is 1.12 bits per heavy atom. The number of oxime groups is 1. The van der Waals surface area contributed by atoms with Gasteiger partial charge in [0.15, 0.2) is 34.4 Å². The number of aliphatic hydroxyl groups excluding tert-OH is 4. The molecule has 0 aliphatic heterocycles. The van der Waals surface area contributed by atoms with Gasteiger partial charge in [-0.25, -0.2) is 88.4 Å². The third kappa shape index (κ3) is 52.8. The number of aryl methyl sites for hydroxylation is 1. The smallest absolute Gasteiger partial charge is 0.793 e. The van der Waals surface area contributed by atoms with Crippen LogP contribution < -0.4 is 41.4 Å². The third-order valence-corrected chi connectivity index (χ3v) is 7.83. The van der Waals surface area contributed by atoms with Crippen LogP contribution in [0.5, 0.6) is 0 Å². The minimum absolute atomic E-state index is 0. The van der Waals surface area contributed by atoms with Gasteiger partial charge in [0.1, 0.15) is 17.0 Å². The number of aromatic nitrogens is 10. The van der Waals surface area contributed by atoms with Gasteiger partial charge in [-0.15, -0.1) is 17.3 Å². The number of hydrogen-bond donors (Lipinski definition) is 7. The Balaban J connectivity index is -0.000000144. The number of esters is 4. The number of hydrogen-bond acceptors (Lipinski definition) is 36. The van der Waals surface area contributed by atoms with E-state index in [1.54, 1.807) is 27.7 Å². The molecule has 5 aromatic rings. The van der Waals surface area contributed by atoms with Crippen LogP contribution >= 0.6 is 70.4 Å². The fourth-order valence-electron chi connectivity index (χ4n) is 3.87. The van der Waals surface area contributed by atoms with E-state index in [-0.39, 0.29) is 139 Å². The van der Waals surface area contributed by atoms with Crippen LogP contribution in [0.1, 0.15) is 127 Å². The number of nitrogens with zero attached hydrogens (tertiary/aromatic N) is 12. The molecule has 0 bridgehead atoms. The maximum Gasteiger partial charge on any atom is 1.00 e. The van der Waals surface area contributed by atoms with Crippen molar-refractivity contribution in [2.24, 2.45) is 16.2 Å². The first-order chi connectivity index (χ1) is 41.2. The number of carbonyl (C=O) groups is 9. The first-order valence-electron chi connectivity index (χ1n) is 22.5. The van der Waals surface area contributed by atoms with Gasteiger partial charge < -0.3 is 74.0 Å². The zero-order valence-corrected chi connectivity index (χ0v) is 57.2. The zero-order chi connectivity index (χ0) is 69.3. The molecule has 0 saturated carbocycles. The summed E-state index contributed by atoms with van der Waals surface area (Å²) in [4.78, 5) is 152. The fraction of sp³-hybridized carbons (Fsp3) is 0.348. The van der Waals surface area contributed by atoms with E-state index in [2.05, 4.69) is 107 Å². The summed E-state index contributed by atoms with van der Waals surface area (Å²) in [5, 5.41) is 44.2. The van der Waals surface area contributed by atoms with Crippen LogP contribution in [0.25, 0.3) is 0 Å². The van der Waals surface area contributed by atoms with Gasteiger partial charge >= 0.3 is 65.4 Å². The van der Waals surface area contributed by atoms with Crippen molar-refractivity contribution < 1.29 is 137 Å². The Morgan fingerprint density at radius 1 is 0.560 bits per heavy atom. The van der Waals surface area contributed by atoms with Gasteiger partial charge in [0.05, 0.1) is 64.9 Å². The Bertz CT molecular complexity index is 3030. The first kappa shape index (κ1) is 99.5. The molecule has 0 fully saturated rings. The van der Waals surface area contributed by atoms with Crippen LogP contribution in [0, 0.1) is 11.8 Å². The van der Waals surface area contributed by atoms with Crippen molar-refractivity contribution in [1.82, 2.24) is 56.0 Å². The number of nitrogens with two attached hydrogens (primary N) is 1. The van der Waals surface area contributed by atoms with Crippen molar-refractivity contribution in [3.63, 3.8) is 0 Å². The molecule has 0 unspecified atom stereocenters. The van der Waals surface area contributed by atoms with E-state index in [1.165, 1.54) is 65.7 Å². The summed E-state index contributed by atoms with van der Waals surface area (Å²) in [5.41, 5.74) is 6.12. The second-order valence-corrected chi connectivity index (χ2v) is 16.3. The van der Waals surface area contributed by atoms with E-state index in [9.17, 15) is 48.1 Å². The molecular weight excluding hydrogens is 1360 g/mol. The number of ether oxygens (including phenoxy) is 4. The van der Waals surface area contributed by atoms with Crippen molar-refractivity contribution >= 4 is 139 Å². The van der Waals surface area contributed by atoms with Crippen LogP contribution in [0.4, 0.5) is 0 Å². The SMILES string of the molecule is CC(=O)OOC(C)=O.CC(C)(C)ON=O.CO.CO.COC(=O)c1cc(/C=N\O)nc(Cl)n1.COC(=O)c1cc(C)nc(Cl)n1.COC(=O)c1cc(C=O)nc(Cl)n1.COC(=O)c1cc(CO)nc(Cl)n1.Cl.N.NC(=O)c1cc(CO)nc(Cl)n1.[B-]OC(C)=O.[Na+]. The molecule has 1 amide bonds. The summed E-state index contributed by atoms with van der Waals surface area (Å²) in [5.74, 6) is -4.87. The van der Waals surface area contributed by atoms with E-state index in [0.29, 0.717) is 12.0 Å². The molecule has 45 heteroatoms. The zero-order valence-electron chi connectivity index (χ0n) is 50.6. The monoisotopic (exact) mass is 1420 g/mol. The maximum absolute atomic E-state index is 11.0. The van der Waals surface area contributed by atoms with Crippen LogP contribution in [-0.4, -0.2) is 192 Å². The standard InChI is InChI=1S/C7H6ClN3O3.C7H7ClN2O3.C7H5ClN2O3.C7H7ClN2O2.C6H6ClN3O2.C4H9NO2.C4H6O4.C2H3BO2.2CH4O.ClH.H3N.Na/c1-14-6(12)5-2-4(3-9-13)10-7(8)11-5;2*1-13-6(12)5-2-4(3-11)9-7(8)10-5;1-4-3-5(6(11)12-2)10-7(8)9-4;7-6-9-3(2-11)1-4(10-6)5(8)12;1-4(2,3)7-5-6;1-3(5)7-8-4(2)6;1-2(4)5-3;2*1-2;;;/h2-3,13H,1H3;2,11H,3H2,1H3;2-3H,1H3;3H,1-2H3;1,11H,2H2,(H2,8,12);1-3H3;1-2H3;1H3;2*2H,1H3;1H;1H3;/q;;;;;;;-1;;;;;+1/b9-3-;;;;;;;;;;;;. The van der Waals surface area contributed by atoms with Gasteiger partial charge in [-0.1, -0.05) is 5.16 Å². The fourth-order valence-corrected chi connectivity index (χ4v) is 4.87. The molecule has 5 aromatic heterocycles. The van der Waals surface area contributed by atoms with Crippen LogP contribution in [0.3, 0.4) is 0 Å². The Hall–Kier alpha value is -7.70. The van der Waals surface area contributed by atoms with Crippen molar-refractivity contribution in [3.8, 4) is 0 Å². The number of primary amides is 1. The number of aldehydes is 1. The minimum Gasteiger partial charge on any atom is -0.793 e. The van der Waals surface area contributed by atoms with Gasteiger partial charge in [0, 0.05) is 46.8 Å². The Labute approximate surface area is 572 Å². The minimum atomic E-state index is -0.700. The van der Waals surface area contributed by atoms with E-state index in [4.69, 9.17) is 89.4 Å². The second-order valence-electron chi connectivity index (χ2n) is 14.6. The predicted molar refractivity (Wildman–Crippen MR) is 317 cm³/mol. The van der Waals surface area contributed by atoms with E-state index in [1.807, 2.05) is 0 Å². The molecule has 499 valence electrons. The molecule has 0 atom stereocenters. The summed E-state index contributed by atoms with van der Waals surface area (Å²) >= 11 is 27.4. The summed E-state index contributed by atoms with van der Waals surface area (Å²) in [6, 6.07) is 6.60. The van der Waals surface area contributed by atoms with Crippen LogP contribution in [-0.2, 0) is 65.8 Å². The van der Waals surface area contributed by atoms with Crippen LogP contribution in [0.15, 0.2) is 40.8 Å². The molecule has 0 aliphatic rings. The Kier molecular flexibility index (Phi) is 64.2. The second kappa shape index (κ2) is 58.7. The molecule has 5 rings (SSSR count). The summed E-state index contributed by atoms with van der Waals surface area (Å²) in [6.07, 6.45) is 1.50. The summed E-state index contributed by atoms with van der Waals surface area (Å²) in [6.45, 7) is 9.91. The largest absolute Gasteiger partial charge is 1.00 e. The number of carbonyl (C=O) groups excluding carboxylic acids is 9. The molecular formula is C46H61BCl6N14NaO23. The summed E-state index contributed by atoms with van der Waals surface area (Å²) < 4.78 is 21.3. The average molecular weight is 1420 g/mol. The molecule has 3 radical (unpaired) electrons. The molecule has 10 N–H and O–H groups in total. The number of methoxy groups -OCH3 is 4. The normalized spacial score (nSPS) is 8.91. The summed E-state index contributed by atoms with van der Waals surface area (Å²) in [7, 11) is 11.3. The average Bonchev–Trinajstić information content (AvgIpc) is 2.01. The van der Waals surface area contributed by atoms with Gasteiger partial charge in [-0.05, 0) is 110 Å². The molecule has 37 nitrogen and oxygen atoms in total. The van der Waals surface area contributed by atoms with Gasteiger partial charge in [0.25, 0.3) is 5.91 Å². The predicted octanol–water partition coefficient (Wildman–Crippen LogP) is 0.757. The van der Waals surface area contributed by atoms with Gasteiger partial charge in [-0.3, -0.25) is 14.4 Å². The molecule has 0 aliphatic carbocycles. The molecule has 5 heterocycles. The van der Waals surface area contributed by atoms with E-state index in [0.717, 1.165) is 34.3 Å². The third-order valence-electron chi connectivity index (χ3n) is 6.99. The number of aliphatic hydroxyl groups is 4. The van der Waals surface area contributed by atoms with Crippen molar-refractivity contribution in [2.45, 2.75) is 67.3 Å². The maximum atomic E-state index is 11.0. The number of amides is 1. The van der Waals surface area contributed by atoms with Crippen molar-refractivity contribution in [2.75, 3.05) is 42.7 Å². The molecule has 0 spiro atoms.